The molecule has 0 aromatic carbocycles. The summed E-state index contributed by atoms with van der Waals surface area (Å²) in [5.41, 5.74) is 0. The van der Waals surface area contributed by atoms with Crippen LogP contribution in [0.2, 0.25) is 0 Å². The quantitative estimate of drug-likeness (QED) is 0.580. The summed E-state index contributed by atoms with van der Waals surface area (Å²) in [7, 11) is 1.57. The highest BCUT2D eigenvalue weighted by molar-refractivity contribution is 5.74. The van der Waals surface area contributed by atoms with Crippen molar-refractivity contribution >= 4 is 6.03 Å². The number of aliphatic hydroxyl groups excluding tert-OH is 1. The van der Waals surface area contributed by atoms with Crippen molar-refractivity contribution in [3.63, 3.8) is 0 Å². The third kappa shape index (κ3) is 1.35. The molecular weight excluding hydrogens is 187 g/mol. The highest BCUT2D eigenvalue weighted by Crippen LogP contribution is 2.39. The molecule has 5 heteroatoms. The lowest BCUT2D eigenvalue weighted by Gasteiger charge is -2.18. The van der Waals surface area contributed by atoms with Crippen molar-refractivity contribution in [3.8, 4) is 0 Å². The first-order valence-corrected chi connectivity index (χ1v) is 4.92. The number of rotatable bonds is 0. The Hall–Kier alpha value is -0.840. The summed E-state index contributed by atoms with van der Waals surface area (Å²) in [5.74, 6) is 0.0691. The average molecular weight is 202 g/mol. The first-order chi connectivity index (χ1) is 6.63. The maximum Gasteiger partial charge on any atom is 0.317 e. The predicted octanol–water partition coefficient (Wildman–Crippen LogP) is -0.0235. The number of fused-ring (bicyclic) bond motifs is 1. The van der Waals surface area contributed by atoms with Gasteiger partial charge in [-0.05, 0) is 12.3 Å². The molecule has 80 valence electrons. The van der Waals surface area contributed by atoms with E-state index in [1.54, 1.807) is 11.9 Å². The number of carbonyl (C=O) groups is 1. The molecule has 0 radical (unpaired) electrons. The number of likely N-dealkylation sites (tertiary alicyclic amines) is 1. The first-order valence-electron chi connectivity index (χ1n) is 4.92. The van der Waals surface area contributed by atoms with Gasteiger partial charge in [0.25, 0.3) is 0 Å². The highest BCUT2D eigenvalue weighted by Gasteiger charge is 2.48. The van der Waals surface area contributed by atoms with Crippen molar-refractivity contribution in [2.24, 2.45) is 11.8 Å². The minimum atomic E-state index is -1.10. The van der Waals surface area contributed by atoms with Crippen LogP contribution in [0.15, 0.2) is 0 Å². The molecule has 1 saturated carbocycles. The number of urea groups is 1. The molecule has 2 aliphatic rings. The van der Waals surface area contributed by atoms with Crippen LogP contribution in [0.25, 0.3) is 0 Å². The van der Waals surface area contributed by atoms with Gasteiger partial charge >= 0.3 is 6.03 Å². The largest absolute Gasteiger partial charge is 0.390 e. The van der Waals surface area contributed by atoms with E-state index in [0.717, 1.165) is 0 Å². The zero-order chi connectivity index (χ0) is 10.3. The van der Waals surface area contributed by atoms with Crippen molar-refractivity contribution in [1.29, 1.82) is 0 Å². The van der Waals surface area contributed by atoms with Gasteiger partial charge in [0.05, 0.1) is 6.10 Å². The fraction of sp³-hybridized carbons (Fsp3) is 0.889. The fourth-order valence-corrected chi connectivity index (χ4v) is 2.55. The van der Waals surface area contributed by atoms with E-state index in [4.69, 9.17) is 0 Å². The summed E-state index contributed by atoms with van der Waals surface area (Å²) >= 11 is 0. The van der Waals surface area contributed by atoms with Gasteiger partial charge in [-0.2, -0.15) is 0 Å². The number of alkyl halides is 1. The summed E-state index contributed by atoms with van der Waals surface area (Å²) in [5, 5.41) is 12.0. The van der Waals surface area contributed by atoms with Gasteiger partial charge < -0.3 is 15.3 Å². The number of carbonyl (C=O) groups excluding carboxylic acids is 1. The fourth-order valence-electron chi connectivity index (χ4n) is 2.55. The Bertz CT molecular complexity index is 249. The Balaban J connectivity index is 2.00. The summed E-state index contributed by atoms with van der Waals surface area (Å²) in [6.07, 6.45) is -1.59. The molecule has 2 amide bonds. The number of nitrogens with zero attached hydrogens (tertiary/aromatic N) is 1. The Morgan fingerprint density at radius 1 is 1.57 bits per heavy atom. The van der Waals surface area contributed by atoms with Gasteiger partial charge in [-0.15, -0.1) is 0 Å². The first kappa shape index (κ1) is 9.71. The molecule has 1 heterocycles. The monoisotopic (exact) mass is 202 g/mol. The molecule has 1 aliphatic heterocycles. The molecule has 1 aliphatic carbocycles. The van der Waals surface area contributed by atoms with Crippen LogP contribution in [0.4, 0.5) is 9.18 Å². The number of nitrogens with one attached hydrogen (secondary N) is 1. The molecule has 2 rings (SSSR count). The minimum absolute atomic E-state index is 0.0673. The highest BCUT2D eigenvalue weighted by atomic mass is 19.1. The maximum absolute atomic E-state index is 13.1. The van der Waals surface area contributed by atoms with Crippen LogP contribution in [0.3, 0.4) is 0 Å². The summed E-state index contributed by atoms with van der Waals surface area (Å²) in [4.78, 5) is 12.9. The maximum atomic E-state index is 13.1. The van der Waals surface area contributed by atoms with Gasteiger partial charge in [-0.3, -0.25) is 0 Å². The second kappa shape index (κ2) is 3.38. The van der Waals surface area contributed by atoms with Crippen molar-refractivity contribution in [1.82, 2.24) is 10.2 Å². The molecule has 0 aromatic heterocycles. The van der Waals surface area contributed by atoms with Crippen LogP contribution >= 0.6 is 0 Å². The molecule has 14 heavy (non-hydrogen) atoms. The number of hydrogen-bond acceptors (Lipinski definition) is 2. The standard InChI is InChI=1S/C9H15FN2O2/c1-11-9(14)12-3-5-2-7(10)8(13)6(5)4-12/h5-8,13H,2-4H2,1H3,(H,11,14)/t5-,6+,7-,8+/m1/s1. The van der Waals surface area contributed by atoms with Crippen molar-refractivity contribution in [2.45, 2.75) is 18.7 Å². The van der Waals surface area contributed by atoms with Crippen LogP contribution in [0.5, 0.6) is 0 Å². The van der Waals surface area contributed by atoms with Gasteiger partial charge in [0.1, 0.15) is 6.17 Å². The van der Waals surface area contributed by atoms with E-state index in [9.17, 15) is 14.3 Å². The molecule has 2 fully saturated rings. The van der Waals surface area contributed by atoms with Crippen LogP contribution in [-0.4, -0.2) is 48.5 Å². The van der Waals surface area contributed by atoms with E-state index >= 15 is 0 Å². The van der Waals surface area contributed by atoms with E-state index in [1.165, 1.54) is 0 Å². The van der Waals surface area contributed by atoms with Gasteiger partial charge in [0.15, 0.2) is 0 Å². The van der Waals surface area contributed by atoms with Crippen LogP contribution in [0.1, 0.15) is 6.42 Å². The molecule has 2 N–H and O–H groups in total. The topological polar surface area (TPSA) is 52.6 Å². The van der Waals surface area contributed by atoms with Crippen LogP contribution in [0, 0.1) is 11.8 Å². The lowest BCUT2D eigenvalue weighted by molar-refractivity contribution is 0.0659. The molecule has 1 saturated heterocycles. The molecule has 4 atom stereocenters. The lowest BCUT2D eigenvalue weighted by Crippen LogP contribution is -2.38. The second-order valence-electron chi connectivity index (χ2n) is 4.13. The molecule has 0 unspecified atom stereocenters. The van der Waals surface area contributed by atoms with Crippen molar-refractivity contribution in [3.05, 3.63) is 0 Å². The number of aliphatic hydroxyl groups is 1. The molecule has 0 bridgehead atoms. The average Bonchev–Trinajstić information content (AvgIpc) is 2.68. The number of halogens is 1. The molecule has 0 spiro atoms. The van der Waals surface area contributed by atoms with Gasteiger partial charge in [-0.25, -0.2) is 9.18 Å². The van der Waals surface area contributed by atoms with Gasteiger partial charge in [0.2, 0.25) is 0 Å². The van der Waals surface area contributed by atoms with Gasteiger partial charge in [0, 0.05) is 26.1 Å². The van der Waals surface area contributed by atoms with E-state index in [0.29, 0.717) is 19.5 Å². The molecule has 4 nitrogen and oxygen atoms in total. The lowest BCUT2D eigenvalue weighted by atomic mass is 10.00. The van der Waals surface area contributed by atoms with Crippen LogP contribution < -0.4 is 5.32 Å². The Morgan fingerprint density at radius 3 is 2.86 bits per heavy atom. The number of amides is 2. The van der Waals surface area contributed by atoms with E-state index < -0.39 is 12.3 Å². The summed E-state index contributed by atoms with van der Waals surface area (Å²) < 4.78 is 13.1. The van der Waals surface area contributed by atoms with E-state index in [2.05, 4.69) is 5.32 Å². The van der Waals surface area contributed by atoms with Crippen molar-refractivity contribution < 1.29 is 14.3 Å². The van der Waals surface area contributed by atoms with Crippen molar-refractivity contribution in [2.75, 3.05) is 20.1 Å². The van der Waals surface area contributed by atoms with Crippen LogP contribution in [-0.2, 0) is 0 Å². The Kier molecular flexibility index (Phi) is 2.34. The predicted molar refractivity (Wildman–Crippen MR) is 48.5 cm³/mol. The second-order valence-corrected chi connectivity index (χ2v) is 4.13. The normalized spacial score (nSPS) is 41.2. The van der Waals surface area contributed by atoms with Gasteiger partial charge in [-0.1, -0.05) is 0 Å². The summed E-state index contributed by atoms with van der Waals surface area (Å²) in [6.45, 7) is 1.05. The third-order valence-corrected chi connectivity index (χ3v) is 3.33. The zero-order valence-electron chi connectivity index (χ0n) is 8.11. The van der Waals surface area contributed by atoms with E-state index in [-0.39, 0.29) is 17.9 Å². The Morgan fingerprint density at radius 2 is 2.29 bits per heavy atom. The third-order valence-electron chi connectivity index (χ3n) is 3.33. The smallest absolute Gasteiger partial charge is 0.317 e. The summed E-state index contributed by atoms with van der Waals surface area (Å²) in [6, 6.07) is -0.137. The molecule has 0 aromatic rings. The zero-order valence-corrected chi connectivity index (χ0v) is 8.11. The number of hydrogen-bond donors (Lipinski definition) is 2. The Labute approximate surface area is 82.1 Å². The molecular formula is C9H15FN2O2. The SMILES string of the molecule is CNC(=O)N1C[C@H]2C[C@@H](F)[C@@H](O)[C@H]2C1. The minimum Gasteiger partial charge on any atom is -0.390 e. The van der Waals surface area contributed by atoms with E-state index in [1.807, 2.05) is 0 Å².